The standard InChI is InChI=1S/C8H15N3S2/c1-6-11-7(5-13-6)8(4-10)12-3-2-9/h5,8H,2-4,9-10H2,1H3. The molecule has 5 heteroatoms. The zero-order chi connectivity index (χ0) is 9.68. The highest BCUT2D eigenvalue weighted by molar-refractivity contribution is 7.99. The van der Waals surface area contributed by atoms with E-state index in [1.165, 1.54) is 0 Å². The number of thioether (sulfide) groups is 1. The second kappa shape index (κ2) is 5.59. The van der Waals surface area contributed by atoms with Crippen molar-refractivity contribution in [3.8, 4) is 0 Å². The minimum atomic E-state index is 0.313. The quantitative estimate of drug-likeness (QED) is 0.776. The normalized spacial score (nSPS) is 13.2. The Morgan fingerprint density at radius 2 is 2.38 bits per heavy atom. The Morgan fingerprint density at radius 3 is 2.85 bits per heavy atom. The van der Waals surface area contributed by atoms with Gasteiger partial charge in [-0.1, -0.05) is 0 Å². The summed E-state index contributed by atoms with van der Waals surface area (Å²) in [6.07, 6.45) is 0. The number of thiazole rings is 1. The number of rotatable bonds is 5. The van der Waals surface area contributed by atoms with Gasteiger partial charge < -0.3 is 11.5 Å². The van der Waals surface area contributed by atoms with Crippen molar-refractivity contribution in [1.82, 2.24) is 4.98 Å². The summed E-state index contributed by atoms with van der Waals surface area (Å²) in [4.78, 5) is 4.41. The summed E-state index contributed by atoms with van der Waals surface area (Å²) in [5.41, 5.74) is 12.2. The van der Waals surface area contributed by atoms with E-state index in [1.807, 2.05) is 6.92 Å². The van der Waals surface area contributed by atoms with E-state index >= 15 is 0 Å². The molecule has 0 saturated carbocycles. The summed E-state index contributed by atoms with van der Waals surface area (Å²) in [6, 6.07) is 0. The maximum absolute atomic E-state index is 5.66. The average Bonchev–Trinajstić information content (AvgIpc) is 2.54. The van der Waals surface area contributed by atoms with Crippen molar-refractivity contribution in [2.24, 2.45) is 11.5 Å². The average molecular weight is 217 g/mol. The third-order valence-electron chi connectivity index (χ3n) is 1.62. The third-order valence-corrected chi connectivity index (χ3v) is 3.72. The minimum Gasteiger partial charge on any atom is -0.330 e. The van der Waals surface area contributed by atoms with Gasteiger partial charge in [0.1, 0.15) is 0 Å². The highest BCUT2D eigenvalue weighted by Crippen LogP contribution is 2.27. The molecule has 1 heterocycles. The predicted octanol–water partition coefficient (Wildman–Crippen LogP) is 1.14. The monoisotopic (exact) mass is 217 g/mol. The maximum Gasteiger partial charge on any atom is 0.0897 e. The highest BCUT2D eigenvalue weighted by atomic mass is 32.2. The van der Waals surface area contributed by atoms with Crippen LogP contribution in [0.4, 0.5) is 0 Å². The number of hydrogen-bond acceptors (Lipinski definition) is 5. The molecule has 0 aromatic carbocycles. The molecular weight excluding hydrogens is 202 g/mol. The lowest BCUT2D eigenvalue weighted by Gasteiger charge is -2.10. The molecule has 4 N–H and O–H groups in total. The van der Waals surface area contributed by atoms with E-state index in [-0.39, 0.29) is 0 Å². The van der Waals surface area contributed by atoms with Gasteiger partial charge in [-0.15, -0.1) is 23.1 Å². The van der Waals surface area contributed by atoms with E-state index in [2.05, 4.69) is 10.4 Å². The van der Waals surface area contributed by atoms with Crippen molar-refractivity contribution in [2.75, 3.05) is 18.8 Å². The van der Waals surface area contributed by atoms with Gasteiger partial charge in [0.15, 0.2) is 0 Å². The molecule has 0 amide bonds. The van der Waals surface area contributed by atoms with E-state index in [0.29, 0.717) is 18.3 Å². The van der Waals surface area contributed by atoms with Gasteiger partial charge in [0.05, 0.1) is 16.0 Å². The van der Waals surface area contributed by atoms with Gasteiger partial charge in [-0.05, 0) is 6.92 Å². The van der Waals surface area contributed by atoms with Crippen molar-refractivity contribution in [2.45, 2.75) is 12.2 Å². The molecule has 0 aliphatic carbocycles. The van der Waals surface area contributed by atoms with Crippen molar-refractivity contribution in [1.29, 1.82) is 0 Å². The van der Waals surface area contributed by atoms with Crippen LogP contribution in [0.25, 0.3) is 0 Å². The molecular formula is C8H15N3S2. The Hall–Kier alpha value is -0.100. The largest absolute Gasteiger partial charge is 0.330 e. The second-order valence-corrected chi connectivity index (χ2v) is 5.05. The molecule has 1 atom stereocenters. The zero-order valence-electron chi connectivity index (χ0n) is 7.69. The highest BCUT2D eigenvalue weighted by Gasteiger charge is 2.12. The molecule has 1 aromatic heterocycles. The Balaban J connectivity index is 2.56. The van der Waals surface area contributed by atoms with E-state index in [4.69, 9.17) is 11.5 Å². The van der Waals surface area contributed by atoms with Crippen LogP contribution in [0.3, 0.4) is 0 Å². The van der Waals surface area contributed by atoms with Crippen LogP contribution >= 0.6 is 23.1 Å². The lowest BCUT2D eigenvalue weighted by atomic mass is 10.3. The van der Waals surface area contributed by atoms with Gasteiger partial charge in [0.2, 0.25) is 0 Å². The Bertz CT molecular complexity index is 249. The summed E-state index contributed by atoms with van der Waals surface area (Å²) in [6.45, 7) is 3.34. The first-order chi connectivity index (χ1) is 6.27. The lowest BCUT2D eigenvalue weighted by molar-refractivity contribution is 0.902. The lowest BCUT2D eigenvalue weighted by Crippen LogP contribution is -2.12. The van der Waals surface area contributed by atoms with Crippen LogP contribution < -0.4 is 11.5 Å². The van der Waals surface area contributed by atoms with E-state index in [1.54, 1.807) is 23.1 Å². The SMILES string of the molecule is Cc1nc(C(CN)SCCN)cs1. The maximum atomic E-state index is 5.66. The molecule has 0 bridgehead atoms. The molecule has 0 spiro atoms. The van der Waals surface area contributed by atoms with Gasteiger partial charge in [-0.25, -0.2) is 4.98 Å². The molecule has 0 aliphatic rings. The number of nitrogens with zero attached hydrogens (tertiary/aromatic N) is 1. The van der Waals surface area contributed by atoms with Crippen molar-refractivity contribution >= 4 is 23.1 Å². The van der Waals surface area contributed by atoms with Crippen molar-refractivity contribution in [3.63, 3.8) is 0 Å². The first-order valence-electron chi connectivity index (χ1n) is 4.21. The Labute approximate surface area is 86.9 Å². The number of aromatic nitrogens is 1. The first-order valence-corrected chi connectivity index (χ1v) is 6.14. The van der Waals surface area contributed by atoms with Crippen LogP contribution in [0.5, 0.6) is 0 Å². The van der Waals surface area contributed by atoms with Crippen LogP contribution in [-0.2, 0) is 0 Å². The molecule has 74 valence electrons. The number of nitrogens with two attached hydrogens (primary N) is 2. The van der Waals surface area contributed by atoms with Crippen molar-refractivity contribution < 1.29 is 0 Å². The van der Waals surface area contributed by atoms with E-state index in [9.17, 15) is 0 Å². The van der Waals surface area contributed by atoms with Gasteiger partial charge in [-0.2, -0.15) is 0 Å². The second-order valence-electron chi connectivity index (χ2n) is 2.68. The minimum absolute atomic E-state index is 0.313. The number of aryl methyl sites for hydroxylation is 1. The molecule has 0 fully saturated rings. The number of hydrogen-bond donors (Lipinski definition) is 2. The van der Waals surface area contributed by atoms with Crippen molar-refractivity contribution in [3.05, 3.63) is 16.1 Å². The molecule has 0 saturated heterocycles. The van der Waals surface area contributed by atoms with Gasteiger partial charge in [-0.3, -0.25) is 0 Å². The van der Waals surface area contributed by atoms with Gasteiger partial charge in [0.25, 0.3) is 0 Å². The third kappa shape index (κ3) is 3.27. The molecule has 1 rings (SSSR count). The van der Waals surface area contributed by atoms with Crippen LogP contribution in [0.15, 0.2) is 5.38 Å². The van der Waals surface area contributed by atoms with Gasteiger partial charge in [0, 0.05) is 24.2 Å². The fourth-order valence-corrected chi connectivity index (χ4v) is 2.61. The Kier molecular flexibility index (Phi) is 4.72. The topological polar surface area (TPSA) is 64.9 Å². The molecule has 0 aliphatic heterocycles. The molecule has 13 heavy (non-hydrogen) atoms. The molecule has 3 nitrogen and oxygen atoms in total. The van der Waals surface area contributed by atoms with Crippen LogP contribution in [-0.4, -0.2) is 23.8 Å². The fourth-order valence-electron chi connectivity index (χ4n) is 1.01. The summed E-state index contributed by atoms with van der Waals surface area (Å²) in [7, 11) is 0. The smallest absolute Gasteiger partial charge is 0.0897 e. The fraction of sp³-hybridized carbons (Fsp3) is 0.625. The van der Waals surface area contributed by atoms with Crippen LogP contribution in [0.1, 0.15) is 16.0 Å². The van der Waals surface area contributed by atoms with Gasteiger partial charge >= 0.3 is 0 Å². The molecule has 1 aromatic rings. The summed E-state index contributed by atoms with van der Waals surface area (Å²) >= 11 is 3.45. The summed E-state index contributed by atoms with van der Waals surface area (Å²) in [5, 5.41) is 3.49. The van der Waals surface area contributed by atoms with Crippen LogP contribution in [0, 0.1) is 6.92 Å². The predicted molar refractivity (Wildman–Crippen MR) is 60.2 cm³/mol. The van der Waals surface area contributed by atoms with E-state index in [0.717, 1.165) is 16.5 Å². The summed E-state index contributed by atoms with van der Waals surface area (Å²) in [5.74, 6) is 0.943. The van der Waals surface area contributed by atoms with Crippen LogP contribution in [0.2, 0.25) is 0 Å². The molecule has 0 radical (unpaired) electrons. The molecule has 1 unspecified atom stereocenters. The van der Waals surface area contributed by atoms with E-state index < -0.39 is 0 Å². The Morgan fingerprint density at radius 1 is 1.62 bits per heavy atom. The zero-order valence-corrected chi connectivity index (χ0v) is 9.33. The first kappa shape index (κ1) is 11.0. The summed E-state index contributed by atoms with van der Waals surface area (Å²) < 4.78 is 0.